The lowest BCUT2D eigenvalue weighted by molar-refractivity contribution is -0.142. The number of carbonyl (C=O) groups excluding carboxylic acids is 1. The van der Waals surface area contributed by atoms with E-state index >= 15 is 0 Å². The number of hydrogen-bond acceptors (Lipinski definition) is 4. The second kappa shape index (κ2) is 8.11. The highest BCUT2D eigenvalue weighted by atomic mass is 32.2. The highest BCUT2D eigenvalue weighted by Crippen LogP contribution is 1.99. The van der Waals surface area contributed by atoms with E-state index in [4.69, 9.17) is 5.11 Å². The molecule has 1 amide bonds. The first kappa shape index (κ1) is 17.8. The van der Waals surface area contributed by atoms with Gasteiger partial charge >= 0.3 is 5.97 Å². The van der Waals surface area contributed by atoms with Crippen LogP contribution in [0, 0.1) is 0 Å². The van der Waals surface area contributed by atoms with Gasteiger partial charge in [0.1, 0.15) is 6.04 Å². The van der Waals surface area contributed by atoms with Gasteiger partial charge in [-0.15, -0.1) is 0 Å². The quantitative estimate of drug-likeness (QED) is 0.557. The van der Waals surface area contributed by atoms with Crippen LogP contribution in [0.4, 0.5) is 0 Å². The van der Waals surface area contributed by atoms with Gasteiger partial charge in [-0.3, -0.25) is 4.79 Å². The van der Waals surface area contributed by atoms with Crippen molar-refractivity contribution in [2.75, 3.05) is 5.75 Å². The van der Waals surface area contributed by atoms with Gasteiger partial charge in [-0.25, -0.2) is 17.9 Å². The monoisotopic (exact) mass is 294 g/mol. The molecule has 2 atom stereocenters. The van der Waals surface area contributed by atoms with Crippen LogP contribution in [0.2, 0.25) is 0 Å². The van der Waals surface area contributed by atoms with Gasteiger partial charge in [0.15, 0.2) is 0 Å². The fourth-order valence-electron chi connectivity index (χ4n) is 1.49. The second-order valence-electron chi connectivity index (χ2n) is 4.35. The molecule has 0 aromatic carbocycles. The van der Waals surface area contributed by atoms with E-state index in [1.165, 1.54) is 6.92 Å². The molecule has 7 nitrogen and oxygen atoms in total. The number of rotatable bonds is 9. The van der Waals surface area contributed by atoms with Crippen molar-refractivity contribution in [2.45, 2.75) is 52.1 Å². The molecule has 19 heavy (non-hydrogen) atoms. The molecule has 112 valence electrons. The molecule has 0 heterocycles. The third-order valence-electron chi connectivity index (χ3n) is 2.41. The van der Waals surface area contributed by atoms with E-state index in [9.17, 15) is 18.0 Å². The smallest absolute Gasteiger partial charge is 0.326 e. The molecule has 0 rings (SSSR count). The largest absolute Gasteiger partial charge is 0.480 e. The number of carboxylic acids is 1. The third kappa shape index (κ3) is 7.12. The lowest BCUT2D eigenvalue weighted by atomic mass is 10.1. The van der Waals surface area contributed by atoms with Crippen molar-refractivity contribution < 1.29 is 23.1 Å². The van der Waals surface area contributed by atoms with Crippen LogP contribution in [-0.4, -0.2) is 43.2 Å². The number of sulfonamides is 1. The second-order valence-corrected chi connectivity index (χ2v) is 6.22. The van der Waals surface area contributed by atoms with Crippen molar-refractivity contribution in [2.24, 2.45) is 0 Å². The van der Waals surface area contributed by atoms with Gasteiger partial charge in [-0.2, -0.15) is 0 Å². The van der Waals surface area contributed by atoms with E-state index in [1.807, 2.05) is 0 Å². The molecule has 0 aliphatic heterocycles. The van der Waals surface area contributed by atoms with Crippen LogP contribution < -0.4 is 10.0 Å². The molecule has 8 heteroatoms. The SMILES string of the molecule is CCC[C@@H](NC(=O)C(C)NS(=O)(=O)CCC)C(=O)O. The number of amides is 1. The summed E-state index contributed by atoms with van der Waals surface area (Å²) in [6, 6.07) is -1.98. The molecule has 0 fully saturated rings. The van der Waals surface area contributed by atoms with E-state index in [0.717, 1.165) is 0 Å². The van der Waals surface area contributed by atoms with Crippen molar-refractivity contribution in [1.29, 1.82) is 0 Å². The normalized spacial score (nSPS) is 14.7. The number of aliphatic carboxylic acids is 1. The Labute approximate surface area is 113 Å². The molecule has 0 bridgehead atoms. The van der Waals surface area contributed by atoms with E-state index in [2.05, 4.69) is 10.0 Å². The maximum absolute atomic E-state index is 11.7. The van der Waals surface area contributed by atoms with Crippen LogP contribution in [0.25, 0.3) is 0 Å². The van der Waals surface area contributed by atoms with Gasteiger partial charge in [-0.1, -0.05) is 20.3 Å². The molecule has 0 aromatic heterocycles. The molecule has 0 aliphatic rings. The first-order chi connectivity index (χ1) is 8.73. The summed E-state index contributed by atoms with van der Waals surface area (Å²) in [6.07, 6.45) is 1.35. The Bertz CT molecular complexity index is 407. The molecule has 0 aromatic rings. The average Bonchev–Trinajstić information content (AvgIpc) is 2.27. The molecule has 3 N–H and O–H groups in total. The van der Waals surface area contributed by atoms with Gasteiger partial charge < -0.3 is 10.4 Å². The zero-order valence-corrected chi connectivity index (χ0v) is 12.3. The van der Waals surface area contributed by atoms with Crippen LogP contribution in [0.3, 0.4) is 0 Å². The standard InChI is InChI=1S/C11H22N2O5S/c1-4-6-9(11(15)16)12-10(14)8(3)13-19(17,18)7-5-2/h8-9,13H,4-7H2,1-3H3,(H,12,14)(H,15,16)/t8?,9-/m1/s1. The summed E-state index contributed by atoms with van der Waals surface area (Å²) in [5.74, 6) is -1.83. The highest BCUT2D eigenvalue weighted by molar-refractivity contribution is 7.89. The minimum atomic E-state index is -3.50. The number of hydrogen-bond donors (Lipinski definition) is 3. The van der Waals surface area contributed by atoms with Gasteiger partial charge in [0, 0.05) is 0 Å². The van der Waals surface area contributed by atoms with E-state index in [1.54, 1.807) is 13.8 Å². The van der Waals surface area contributed by atoms with Gasteiger partial charge in [-0.05, 0) is 19.8 Å². The maximum Gasteiger partial charge on any atom is 0.326 e. The summed E-state index contributed by atoms with van der Waals surface area (Å²) < 4.78 is 25.2. The minimum absolute atomic E-state index is 0.0675. The zero-order chi connectivity index (χ0) is 15.1. The molecule has 0 saturated heterocycles. The Hall–Kier alpha value is -1.15. The lowest BCUT2D eigenvalue weighted by Gasteiger charge is -2.18. The van der Waals surface area contributed by atoms with Gasteiger partial charge in [0.2, 0.25) is 15.9 Å². The molecule has 1 unspecified atom stereocenters. The van der Waals surface area contributed by atoms with Crippen molar-refractivity contribution in [1.82, 2.24) is 10.0 Å². The Morgan fingerprint density at radius 2 is 1.79 bits per heavy atom. The molecular weight excluding hydrogens is 272 g/mol. The van der Waals surface area contributed by atoms with Crippen LogP contribution in [0.15, 0.2) is 0 Å². The van der Waals surface area contributed by atoms with Crippen molar-refractivity contribution in [3.05, 3.63) is 0 Å². The van der Waals surface area contributed by atoms with Crippen LogP contribution in [0.1, 0.15) is 40.0 Å². The minimum Gasteiger partial charge on any atom is -0.480 e. The molecule has 0 saturated carbocycles. The van der Waals surface area contributed by atoms with Crippen molar-refractivity contribution >= 4 is 21.9 Å². The van der Waals surface area contributed by atoms with Crippen molar-refractivity contribution in [3.8, 4) is 0 Å². The van der Waals surface area contributed by atoms with E-state index < -0.39 is 34.0 Å². The fraction of sp³-hybridized carbons (Fsp3) is 0.818. The van der Waals surface area contributed by atoms with Gasteiger partial charge in [0.05, 0.1) is 11.8 Å². The summed E-state index contributed by atoms with van der Waals surface area (Å²) in [5, 5.41) is 11.2. The Morgan fingerprint density at radius 3 is 2.21 bits per heavy atom. The first-order valence-corrected chi connectivity index (χ1v) is 7.91. The fourth-order valence-corrected chi connectivity index (χ4v) is 2.79. The number of carboxylic acid groups (broad SMARTS) is 1. The molecule has 0 aliphatic carbocycles. The lowest BCUT2D eigenvalue weighted by Crippen LogP contribution is -2.50. The Balaban J connectivity index is 4.52. The molecule has 0 spiro atoms. The van der Waals surface area contributed by atoms with Crippen molar-refractivity contribution in [3.63, 3.8) is 0 Å². The van der Waals surface area contributed by atoms with E-state index in [0.29, 0.717) is 19.3 Å². The summed E-state index contributed by atoms with van der Waals surface area (Å²) in [7, 11) is -3.50. The summed E-state index contributed by atoms with van der Waals surface area (Å²) >= 11 is 0. The summed E-state index contributed by atoms with van der Waals surface area (Å²) in [4.78, 5) is 22.6. The first-order valence-electron chi connectivity index (χ1n) is 6.26. The van der Waals surface area contributed by atoms with Crippen LogP contribution in [-0.2, 0) is 19.6 Å². The molecular formula is C11H22N2O5S. The average molecular weight is 294 g/mol. The summed E-state index contributed by atoms with van der Waals surface area (Å²) in [5.41, 5.74) is 0. The highest BCUT2D eigenvalue weighted by Gasteiger charge is 2.24. The van der Waals surface area contributed by atoms with Gasteiger partial charge in [0.25, 0.3) is 0 Å². The van der Waals surface area contributed by atoms with E-state index in [-0.39, 0.29) is 5.75 Å². The zero-order valence-electron chi connectivity index (χ0n) is 11.5. The number of nitrogens with one attached hydrogen (secondary N) is 2. The topological polar surface area (TPSA) is 113 Å². The van der Waals surface area contributed by atoms with Crippen LogP contribution in [0.5, 0.6) is 0 Å². The third-order valence-corrected chi connectivity index (χ3v) is 4.07. The molecule has 0 radical (unpaired) electrons. The Morgan fingerprint density at radius 1 is 1.21 bits per heavy atom. The Kier molecular flexibility index (Phi) is 7.62. The predicted molar refractivity (Wildman–Crippen MR) is 71.2 cm³/mol. The number of carbonyl (C=O) groups is 2. The van der Waals surface area contributed by atoms with Crippen LogP contribution >= 0.6 is 0 Å². The predicted octanol–water partition coefficient (Wildman–Crippen LogP) is 0.0738. The summed E-state index contributed by atoms with van der Waals surface area (Å²) in [6.45, 7) is 4.90. The maximum atomic E-state index is 11.7.